The van der Waals surface area contributed by atoms with Gasteiger partial charge in [0.25, 0.3) is 0 Å². The lowest BCUT2D eigenvalue weighted by atomic mass is 9.70. The van der Waals surface area contributed by atoms with Crippen molar-refractivity contribution in [3.8, 4) is 33.6 Å². The van der Waals surface area contributed by atoms with Crippen LogP contribution in [0.25, 0.3) is 67.0 Å². The van der Waals surface area contributed by atoms with Gasteiger partial charge in [0, 0.05) is 33.6 Å². The molecule has 1 aromatic heterocycles. The molecule has 0 fully saturated rings. The van der Waals surface area contributed by atoms with Crippen LogP contribution >= 0.6 is 0 Å². The molecular formula is C65H45NO. The number of aryl methyl sites for hydroxylation is 1. The predicted molar refractivity (Wildman–Crippen MR) is 279 cm³/mol. The van der Waals surface area contributed by atoms with E-state index in [-0.39, 0.29) is 0 Å². The summed E-state index contributed by atoms with van der Waals surface area (Å²) >= 11 is 0. The molecule has 2 aliphatic rings. The third-order valence-corrected chi connectivity index (χ3v) is 14.2. The highest BCUT2D eigenvalue weighted by Gasteiger charge is 2.54. The largest absolute Gasteiger partial charge is 0.456 e. The zero-order valence-corrected chi connectivity index (χ0v) is 36.9. The van der Waals surface area contributed by atoms with E-state index in [1.165, 1.54) is 77.5 Å². The van der Waals surface area contributed by atoms with Crippen molar-refractivity contribution in [3.63, 3.8) is 0 Å². The quantitative estimate of drug-likeness (QED) is 0.135. The molecule has 2 aliphatic carbocycles. The molecule has 1 heterocycles. The lowest BCUT2D eigenvalue weighted by Crippen LogP contribution is -2.26. The molecule has 2 nitrogen and oxygen atoms in total. The van der Waals surface area contributed by atoms with Crippen LogP contribution in [0.15, 0.2) is 247 Å². The fourth-order valence-corrected chi connectivity index (χ4v) is 11.2. The molecule has 2 heteroatoms. The Balaban J connectivity index is 0.964. The van der Waals surface area contributed by atoms with Crippen LogP contribution in [-0.2, 0) is 11.8 Å². The number of furan rings is 1. The Kier molecular flexibility index (Phi) is 9.25. The molecule has 67 heavy (non-hydrogen) atoms. The zero-order valence-electron chi connectivity index (χ0n) is 36.9. The van der Waals surface area contributed by atoms with Crippen LogP contribution in [0.1, 0.15) is 45.4 Å². The number of anilines is 3. The van der Waals surface area contributed by atoms with Gasteiger partial charge in [-0.05, 0) is 127 Å². The van der Waals surface area contributed by atoms with Crippen LogP contribution in [0.2, 0.25) is 0 Å². The lowest BCUT2D eigenvalue weighted by Gasteiger charge is -2.31. The average molecular weight is 856 g/mol. The Morgan fingerprint density at radius 2 is 1.07 bits per heavy atom. The standard InChI is InChI=1S/C65H45NO/c1-4-17-45(18-5-1)47-34-36-52(37-35-47)66(51-24-8-3-9-25-51)53-38-40-60-58(43-53)64-63(57-28-13-15-30-62(57)67-64)65(60)59-29-14-12-27-55(59)56-39-32-44(41-61(56)65)31-33-49(46-19-6-2-7-20-46)42-50-23-16-22-48-21-10-11-26-54(48)50/h1-30,32,34-43H,31,33H2/b49-42-. The van der Waals surface area contributed by atoms with Crippen molar-refractivity contribution in [2.24, 2.45) is 0 Å². The van der Waals surface area contributed by atoms with E-state index >= 15 is 0 Å². The minimum Gasteiger partial charge on any atom is -0.456 e. The van der Waals surface area contributed by atoms with Crippen LogP contribution < -0.4 is 4.90 Å². The number of hydrogen-bond donors (Lipinski definition) is 0. The van der Waals surface area contributed by atoms with Gasteiger partial charge in [-0.1, -0.05) is 206 Å². The molecule has 13 rings (SSSR count). The maximum absolute atomic E-state index is 7.08. The Morgan fingerprint density at radius 1 is 0.448 bits per heavy atom. The summed E-state index contributed by atoms with van der Waals surface area (Å²) in [4.78, 5) is 2.37. The van der Waals surface area contributed by atoms with Crippen molar-refractivity contribution in [1.82, 2.24) is 0 Å². The third-order valence-electron chi connectivity index (χ3n) is 14.2. The van der Waals surface area contributed by atoms with Gasteiger partial charge in [-0.3, -0.25) is 0 Å². The molecule has 11 aromatic rings. The van der Waals surface area contributed by atoms with E-state index in [4.69, 9.17) is 4.42 Å². The van der Waals surface area contributed by atoms with E-state index in [1.807, 2.05) is 0 Å². The van der Waals surface area contributed by atoms with Gasteiger partial charge in [-0.25, -0.2) is 0 Å². The summed E-state index contributed by atoms with van der Waals surface area (Å²) in [6.07, 6.45) is 4.20. The number of hydrogen-bond acceptors (Lipinski definition) is 2. The molecule has 1 atom stereocenters. The fourth-order valence-electron chi connectivity index (χ4n) is 11.2. The summed E-state index contributed by atoms with van der Waals surface area (Å²) in [6, 6.07) is 88.5. The maximum Gasteiger partial charge on any atom is 0.140 e. The summed E-state index contributed by atoms with van der Waals surface area (Å²) in [5.74, 6) is 0.947. The van der Waals surface area contributed by atoms with Crippen molar-refractivity contribution < 1.29 is 4.42 Å². The molecular weight excluding hydrogens is 811 g/mol. The fraction of sp³-hybridized carbons (Fsp3) is 0.0462. The third kappa shape index (κ3) is 6.32. The predicted octanol–water partition coefficient (Wildman–Crippen LogP) is 17.2. The van der Waals surface area contributed by atoms with Crippen molar-refractivity contribution in [2.45, 2.75) is 18.3 Å². The van der Waals surface area contributed by atoms with E-state index < -0.39 is 5.41 Å². The Morgan fingerprint density at radius 3 is 1.91 bits per heavy atom. The number of fused-ring (bicyclic) bond motifs is 13. The second kappa shape index (κ2) is 15.9. The van der Waals surface area contributed by atoms with E-state index in [0.717, 1.165) is 52.2 Å². The van der Waals surface area contributed by atoms with Crippen LogP contribution in [0, 0.1) is 0 Å². The Labute approximate surface area is 391 Å². The number of para-hydroxylation sites is 2. The summed E-state index contributed by atoms with van der Waals surface area (Å²) in [7, 11) is 0. The first kappa shape index (κ1) is 39.0. The summed E-state index contributed by atoms with van der Waals surface area (Å²) < 4.78 is 7.08. The van der Waals surface area contributed by atoms with Gasteiger partial charge >= 0.3 is 0 Å². The molecule has 1 unspecified atom stereocenters. The van der Waals surface area contributed by atoms with E-state index in [1.54, 1.807) is 0 Å². The topological polar surface area (TPSA) is 16.4 Å². The molecule has 0 saturated heterocycles. The van der Waals surface area contributed by atoms with Crippen LogP contribution in [0.4, 0.5) is 17.1 Å². The van der Waals surface area contributed by atoms with Crippen molar-refractivity contribution in [1.29, 1.82) is 0 Å². The average Bonchev–Trinajstić information content (AvgIpc) is 4.02. The van der Waals surface area contributed by atoms with Gasteiger partial charge in [0.05, 0.1) is 5.41 Å². The van der Waals surface area contributed by atoms with Gasteiger partial charge in [0.1, 0.15) is 11.3 Å². The molecule has 0 bridgehead atoms. The summed E-state index contributed by atoms with van der Waals surface area (Å²) in [5, 5.41) is 3.69. The normalized spacial score (nSPS) is 14.5. The highest BCUT2D eigenvalue weighted by molar-refractivity contribution is 6.03. The molecule has 0 N–H and O–H groups in total. The highest BCUT2D eigenvalue weighted by atomic mass is 16.3. The van der Waals surface area contributed by atoms with Gasteiger partial charge < -0.3 is 9.32 Å². The van der Waals surface area contributed by atoms with Gasteiger partial charge in [0.15, 0.2) is 0 Å². The zero-order chi connectivity index (χ0) is 44.3. The van der Waals surface area contributed by atoms with Gasteiger partial charge in [-0.15, -0.1) is 0 Å². The first-order chi connectivity index (χ1) is 33.2. The molecule has 0 aliphatic heterocycles. The molecule has 316 valence electrons. The van der Waals surface area contributed by atoms with Crippen LogP contribution in [0.3, 0.4) is 0 Å². The van der Waals surface area contributed by atoms with Gasteiger partial charge in [-0.2, -0.15) is 0 Å². The van der Waals surface area contributed by atoms with Crippen LogP contribution in [-0.4, -0.2) is 0 Å². The van der Waals surface area contributed by atoms with E-state index in [2.05, 4.69) is 254 Å². The smallest absolute Gasteiger partial charge is 0.140 e. The molecule has 10 aromatic carbocycles. The highest BCUT2D eigenvalue weighted by Crippen LogP contribution is 2.65. The second-order valence-electron chi connectivity index (χ2n) is 17.9. The number of benzene rings is 10. The first-order valence-electron chi connectivity index (χ1n) is 23.4. The minimum atomic E-state index is -0.576. The van der Waals surface area contributed by atoms with E-state index in [0.29, 0.717) is 0 Å². The first-order valence-corrected chi connectivity index (χ1v) is 23.4. The summed E-state index contributed by atoms with van der Waals surface area (Å²) in [6.45, 7) is 0. The molecule has 1 spiro atoms. The molecule has 0 amide bonds. The molecule has 0 saturated carbocycles. The van der Waals surface area contributed by atoms with Crippen molar-refractivity contribution >= 4 is 50.5 Å². The Hall–Kier alpha value is -8.46. The second-order valence-corrected chi connectivity index (χ2v) is 17.9. The number of nitrogens with zero attached hydrogens (tertiary/aromatic N) is 1. The van der Waals surface area contributed by atoms with Gasteiger partial charge in [0.2, 0.25) is 0 Å². The Bertz CT molecular complexity index is 3670. The lowest BCUT2D eigenvalue weighted by molar-refractivity contribution is 0.628. The summed E-state index contributed by atoms with van der Waals surface area (Å²) in [5.41, 5.74) is 19.9. The SMILES string of the molecule is C(=C(\CCc1ccc2c(c1)C1(c3ccccc3-2)c2ccc(N(c3ccccc3)c3ccc(-c4ccccc4)cc3)cc2-c2oc3ccccc3c21)c1ccccc1)/c1cccc2ccccc12. The molecule has 0 radical (unpaired) electrons. The van der Waals surface area contributed by atoms with Crippen molar-refractivity contribution in [3.05, 3.63) is 282 Å². The van der Waals surface area contributed by atoms with Crippen LogP contribution in [0.5, 0.6) is 0 Å². The van der Waals surface area contributed by atoms with E-state index in [9.17, 15) is 0 Å². The minimum absolute atomic E-state index is 0.576. The maximum atomic E-state index is 7.08. The number of rotatable bonds is 9. The monoisotopic (exact) mass is 855 g/mol. The number of allylic oxidation sites excluding steroid dienone is 1. The van der Waals surface area contributed by atoms with Crippen molar-refractivity contribution in [2.75, 3.05) is 4.90 Å².